The van der Waals surface area contributed by atoms with Gasteiger partial charge in [-0.25, -0.2) is 27.2 Å². The maximum atomic E-state index is 15.4. The zero-order valence-corrected chi connectivity index (χ0v) is 13.0. The molecule has 25 heavy (non-hydrogen) atoms. The Balaban J connectivity index is 1.81. The van der Waals surface area contributed by atoms with Crippen molar-refractivity contribution < 1.29 is 27.8 Å². The third-order valence-electron chi connectivity index (χ3n) is 5.42. The number of alkyl halides is 2. The van der Waals surface area contributed by atoms with E-state index < -0.39 is 46.3 Å². The van der Waals surface area contributed by atoms with Crippen LogP contribution in [0.1, 0.15) is 24.8 Å². The minimum Gasteiger partial charge on any atom is -0.390 e. The second kappa shape index (κ2) is 4.79. The average molecular weight is 357 g/mol. The molecule has 2 N–H and O–H groups in total. The zero-order chi connectivity index (χ0) is 18.1. The second-order valence-corrected chi connectivity index (χ2v) is 7.19. The zero-order valence-electron chi connectivity index (χ0n) is 13.0. The Bertz CT molecular complexity index is 807. The van der Waals surface area contributed by atoms with E-state index in [1.165, 1.54) is 0 Å². The van der Waals surface area contributed by atoms with E-state index >= 15 is 8.78 Å². The molecule has 5 rings (SSSR count). The summed E-state index contributed by atoms with van der Waals surface area (Å²) in [5.41, 5.74) is -6.43. The highest BCUT2D eigenvalue weighted by molar-refractivity contribution is 5.34. The maximum absolute atomic E-state index is 15.4. The molecule has 0 radical (unpaired) electrons. The molecule has 3 saturated carbocycles. The fourth-order valence-electron chi connectivity index (χ4n) is 4.23. The first-order valence-electron chi connectivity index (χ1n) is 7.72. The summed E-state index contributed by atoms with van der Waals surface area (Å²) in [5, 5.41) is 24.5. The summed E-state index contributed by atoms with van der Waals surface area (Å²) in [6.07, 6.45) is 1.71. The molecule has 0 saturated heterocycles. The molecule has 3 aliphatic carbocycles. The fraction of sp³-hybridized carbons (Fsp3) is 0.500. The van der Waals surface area contributed by atoms with Crippen LogP contribution in [-0.2, 0) is 12.1 Å². The van der Waals surface area contributed by atoms with E-state index in [-0.39, 0.29) is 19.3 Å². The molecule has 3 fully saturated rings. The van der Waals surface area contributed by atoms with Crippen molar-refractivity contribution >= 4 is 0 Å². The van der Waals surface area contributed by atoms with Crippen LogP contribution in [0.4, 0.5) is 17.6 Å². The molecule has 0 amide bonds. The lowest BCUT2D eigenvalue weighted by Crippen LogP contribution is -2.77. The minimum absolute atomic E-state index is 0.171. The minimum atomic E-state index is -3.77. The highest BCUT2D eigenvalue weighted by atomic mass is 19.3. The number of aliphatic hydroxyl groups is 2. The molecule has 0 unspecified atom stereocenters. The van der Waals surface area contributed by atoms with E-state index in [1.807, 2.05) is 0 Å². The highest BCUT2D eigenvalue weighted by Gasteiger charge is 2.81. The van der Waals surface area contributed by atoms with Crippen molar-refractivity contribution in [2.24, 2.45) is 5.41 Å². The summed E-state index contributed by atoms with van der Waals surface area (Å²) >= 11 is 0. The first kappa shape index (κ1) is 16.5. The van der Waals surface area contributed by atoms with Gasteiger partial charge in [-0.3, -0.25) is 0 Å². The Morgan fingerprint density at radius 3 is 2.40 bits per heavy atom. The summed E-state index contributed by atoms with van der Waals surface area (Å²) in [4.78, 5) is 3.64. The van der Waals surface area contributed by atoms with Gasteiger partial charge < -0.3 is 10.2 Å². The molecule has 3 aliphatic rings. The maximum Gasteiger partial charge on any atom is 0.288 e. The van der Waals surface area contributed by atoms with Crippen molar-refractivity contribution in [3.63, 3.8) is 0 Å². The SMILES string of the molecule is OC12CC(C(F)(F)[C@](O)(Cn3cncn3)c3ccc(F)cc3F)(C1)C2. The van der Waals surface area contributed by atoms with Gasteiger partial charge in [0, 0.05) is 17.0 Å². The van der Waals surface area contributed by atoms with Crippen LogP contribution in [0.5, 0.6) is 0 Å². The Morgan fingerprint density at radius 1 is 1.20 bits per heavy atom. The Hall–Kier alpha value is -2.00. The number of rotatable bonds is 5. The molecule has 0 aliphatic heterocycles. The van der Waals surface area contributed by atoms with Crippen LogP contribution in [0, 0.1) is 17.0 Å². The van der Waals surface area contributed by atoms with Crippen molar-refractivity contribution in [1.82, 2.24) is 14.8 Å². The van der Waals surface area contributed by atoms with Crippen molar-refractivity contribution in [2.75, 3.05) is 0 Å². The van der Waals surface area contributed by atoms with Crippen LogP contribution in [-0.4, -0.2) is 36.5 Å². The molecule has 1 atom stereocenters. The average Bonchev–Trinajstić information content (AvgIpc) is 2.95. The molecule has 9 heteroatoms. The van der Waals surface area contributed by atoms with Crippen molar-refractivity contribution in [3.8, 4) is 0 Å². The number of aromatic nitrogens is 3. The van der Waals surface area contributed by atoms with Crippen LogP contribution in [0.15, 0.2) is 30.9 Å². The van der Waals surface area contributed by atoms with E-state index in [4.69, 9.17) is 0 Å². The standard InChI is InChI=1S/C16H15F4N3O2/c17-10-1-2-11(12(18)3-10)15(25,7-23-9-21-8-22-23)16(19,20)13-4-14(24,5-13)6-13/h1-3,8-9,24-25H,4-7H2/t13?,14?,15-/m0/s1. The monoisotopic (exact) mass is 357 g/mol. The normalized spacial score (nSPS) is 30.3. The van der Waals surface area contributed by atoms with E-state index in [9.17, 15) is 19.0 Å². The number of hydrogen-bond acceptors (Lipinski definition) is 4. The molecular formula is C16H15F4N3O2. The number of benzene rings is 1. The lowest BCUT2D eigenvalue weighted by molar-refractivity contribution is -0.386. The molecule has 2 bridgehead atoms. The molecule has 1 aromatic heterocycles. The van der Waals surface area contributed by atoms with Crippen molar-refractivity contribution in [2.45, 2.75) is 42.9 Å². The summed E-state index contributed by atoms with van der Waals surface area (Å²) < 4.78 is 59.2. The highest BCUT2D eigenvalue weighted by Crippen LogP contribution is 2.75. The predicted molar refractivity (Wildman–Crippen MR) is 76.5 cm³/mol. The Morgan fingerprint density at radius 2 is 1.88 bits per heavy atom. The molecule has 2 aromatic rings. The summed E-state index contributed by atoms with van der Waals surface area (Å²) in [6.45, 7) is -0.761. The first-order valence-corrected chi connectivity index (χ1v) is 7.72. The lowest BCUT2D eigenvalue weighted by Gasteiger charge is -2.71. The molecule has 0 spiro atoms. The van der Waals surface area contributed by atoms with E-state index in [2.05, 4.69) is 10.1 Å². The molecule has 1 heterocycles. The van der Waals surface area contributed by atoms with Crippen LogP contribution >= 0.6 is 0 Å². The third kappa shape index (κ3) is 2.08. The molecular weight excluding hydrogens is 342 g/mol. The van der Waals surface area contributed by atoms with Gasteiger partial charge in [0.05, 0.1) is 12.1 Å². The van der Waals surface area contributed by atoms with Gasteiger partial charge in [0.1, 0.15) is 24.3 Å². The van der Waals surface area contributed by atoms with Gasteiger partial charge in [0.25, 0.3) is 5.92 Å². The Kier molecular flexibility index (Phi) is 3.16. The first-order chi connectivity index (χ1) is 11.6. The fourth-order valence-corrected chi connectivity index (χ4v) is 4.23. The van der Waals surface area contributed by atoms with Crippen LogP contribution < -0.4 is 0 Å². The molecule has 5 nitrogen and oxygen atoms in total. The largest absolute Gasteiger partial charge is 0.390 e. The van der Waals surface area contributed by atoms with E-state index in [1.54, 1.807) is 0 Å². The number of nitrogens with zero attached hydrogens (tertiary/aromatic N) is 3. The lowest BCUT2D eigenvalue weighted by atomic mass is 9.37. The van der Waals surface area contributed by atoms with Gasteiger partial charge in [0.2, 0.25) is 0 Å². The predicted octanol–water partition coefficient (Wildman–Crippen LogP) is 1.99. The van der Waals surface area contributed by atoms with Crippen LogP contribution in [0.2, 0.25) is 0 Å². The summed E-state index contributed by atoms with van der Waals surface area (Å²) in [7, 11) is 0. The van der Waals surface area contributed by atoms with Gasteiger partial charge in [0.15, 0.2) is 5.60 Å². The van der Waals surface area contributed by atoms with Crippen molar-refractivity contribution in [1.29, 1.82) is 0 Å². The van der Waals surface area contributed by atoms with E-state index in [0.717, 1.165) is 29.5 Å². The molecule has 1 aromatic carbocycles. The van der Waals surface area contributed by atoms with Gasteiger partial charge in [-0.1, -0.05) is 0 Å². The number of halogens is 4. The van der Waals surface area contributed by atoms with E-state index in [0.29, 0.717) is 6.07 Å². The second-order valence-electron chi connectivity index (χ2n) is 7.19. The van der Waals surface area contributed by atoms with Crippen LogP contribution in [0.25, 0.3) is 0 Å². The topological polar surface area (TPSA) is 71.2 Å². The van der Waals surface area contributed by atoms with Gasteiger partial charge in [-0.05, 0) is 31.4 Å². The smallest absolute Gasteiger partial charge is 0.288 e. The van der Waals surface area contributed by atoms with Gasteiger partial charge >= 0.3 is 0 Å². The quantitative estimate of drug-likeness (QED) is 0.803. The van der Waals surface area contributed by atoms with Crippen molar-refractivity contribution in [3.05, 3.63) is 48.1 Å². The van der Waals surface area contributed by atoms with Gasteiger partial charge in [-0.15, -0.1) is 0 Å². The Labute approximate surface area is 139 Å². The molecule has 134 valence electrons. The van der Waals surface area contributed by atoms with Crippen LogP contribution in [0.3, 0.4) is 0 Å². The number of hydrogen-bond donors (Lipinski definition) is 2. The summed E-state index contributed by atoms with van der Waals surface area (Å²) in [5.74, 6) is -5.98. The third-order valence-corrected chi connectivity index (χ3v) is 5.42. The van der Waals surface area contributed by atoms with Gasteiger partial charge in [-0.2, -0.15) is 5.10 Å². The summed E-state index contributed by atoms with van der Waals surface area (Å²) in [6, 6.07) is 2.08.